The Balaban J connectivity index is 1.32. The number of carbonyl (C=O) groups excluding carboxylic acids is 2. The van der Waals surface area contributed by atoms with Gasteiger partial charge in [0, 0.05) is 30.7 Å². The fraction of sp³-hybridized carbons (Fsp3) is 0.227. The van der Waals surface area contributed by atoms with E-state index < -0.39 is 0 Å². The lowest BCUT2D eigenvalue weighted by Crippen LogP contribution is -2.41. The number of ether oxygens (including phenoxy) is 1. The number of hydrogen-bond donors (Lipinski definition) is 2. The first-order valence-electron chi connectivity index (χ1n) is 9.90. The number of carbonyl (C=O) groups is 2. The highest BCUT2D eigenvalue weighted by Gasteiger charge is 2.14. The van der Waals surface area contributed by atoms with Crippen molar-refractivity contribution < 1.29 is 18.7 Å². The van der Waals surface area contributed by atoms with E-state index in [1.165, 1.54) is 16.8 Å². The van der Waals surface area contributed by atoms with Gasteiger partial charge in [0.15, 0.2) is 5.69 Å². The zero-order chi connectivity index (χ0) is 21.6. The van der Waals surface area contributed by atoms with Crippen molar-refractivity contribution in [1.82, 2.24) is 14.7 Å². The molecular weight excluding hydrogens is 401 g/mol. The zero-order valence-corrected chi connectivity index (χ0v) is 16.8. The first-order valence-corrected chi connectivity index (χ1v) is 9.90. The quantitative estimate of drug-likeness (QED) is 0.636. The van der Waals surface area contributed by atoms with Crippen molar-refractivity contribution in [2.24, 2.45) is 0 Å². The van der Waals surface area contributed by atoms with Gasteiger partial charge >= 0.3 is 0 Å². The topological polar surface area (TPSA) is 88.5 Å². The maximum Gasteiger partial charge on any atom is 0.276 e. The van der Waals surface area contributed by atoms with Gasteiger partial charge in [0.2, 0.25) is 5.91 Å². The van der Waals surface area contributed by atoms with Gasteiger partial charge in [-0.15, -0.1) is 0 Å². The van der Waals surface area contributed by atoms with Crippen LogP contribution in [0.25, 0.3) is 5.69 Å². The predicted molar refractivity (Wildman–Crippen MR) is 114 cm³/mol. The third kappa shape index (κ3) is 5.53. The smallest absolute Gasteiger partial charge is 0.276 e. The van der Waals surface area contributed by atoms with Gasteiger partial charge < -0.3 is 15.4 Å². The summed E-state index contributed by atoms with van der Waals surface area (Å²) in [7, 11) is 0. The van der Waals surface area contributed by atoms with Crippen LogP contribution in [-0.2, 0) is 9.53 Å². The van der Waals surface area contributed by atoms with Gasteiger partial charge in [0.05, 0.1) is 25.4 Å². The lowest BCUT2D eigenvalue weighted by Gasteiger charge is -2.25. The highest BCUT2D eigenvalue weighted by atomic mass is 19.1. The molecule has 31 heavy (non-hydrogen) atoms. The Morgan fingerprint density at radius 2 is 1.71 bits per heavy atom. The SMILES string of the molecule is O=C(CN1CCOCC1)Nc1ccc(NC(=O)c2ccn(-c3cccc(F)c3)n2)cc1. The van der Waals surface area contributed by atoms with E-state index >= 15 is 0 Å². The number of morpholine rings is 1. The fourth-order valence-electron chi connectivity index (χ4n) is 3.20. The maximum absolute atomic E-state index is 13.4. The molecule has 2 heterocycles. The van der Waals surface area contributed by atoms with E-state index in [1.54, 1.807) is 48.7 Å². The van der Waals surface area contributed by atoms with Crippen LogP contribution in [0, 0.1) is 5.82 Å². The average Bonchev–Trinajstić information content (AvgIpc) is 3.26. The fourth-order valence-corrected chi connectivity index (χ4v) is 3.20. The molecule has 1 aliphatic rings. The van der Waals surface area contributed by atoms with Gasteiger partial charge in [-0.2, -0.15) is 5.10 Å². The lowest BCUT2D eigenvalue weighted by atomic mass is 10.2. The second kappa shape index (κ2) is 9.50. The molecule has 1 saturated heterocycles. The first kappa shape index (κ1) is 20.7. The maximum atomic E-state index is 13.4. The van der Waals surface area contributed by atoms with Crippen LogP contribution in [0.4, 0.5) is 15.8 Å². The molecule has 9 heteroatoms. The van der Waals surface area contributed by atoms with Gasteiger partial charge in [-0.25, -0.2) is 9.07 Å². The summed E-state index contributed by atoms with van der Waals surface area (Å²) in [5.41, 5.74) is 1.94. The van der Waals surface area contributed by atoms with E-state index in [0.717, 1.165) is 13.1 Å². The highest BCUT2D eigenvalue weighted by molar-refractivity contribution is 6.03. The molecule has 1 aliphatic heterocycles. The summed E-state index contributed by atoms with van der Waals surface area (Å²) in [6.45, 7) is 3.08. The Labute approximate surface area is 178 Å². The van der Waals surface area contributed by atoms with Crippen molar-refractivity contribution in [1.29, 1.82) is 0 Å². The second-order valence-corrected chi connectivity index (χ2v) is 7.09. The molecule has 0 atom stereocenters. The lowest BCUT2D eigenvalue weighted by molar-refractivity contribution is -0.118. The summed E-state index contributed by atoms with van der Waals surface area (Å²) in [4.78, 5) is 26.7. The Morgan fingerprint density at radius 3 is 2.42 bits per heavy atom. The molecule has 2 amide bonds. The van der Waals surface area contributed by atoms with Crippen LogP contribution in [0.5, 0.6) is 0 Å². The summed E-state index contributed by atoms with van der Waals surface area (Å²) in [6, 6.07) is 14.3. The number of nitrogens with zero attached hydrogens (tertiary/aromatic N) is 3. The molecule has 160 valence electrons. The van der Waals surface area contributed by atoms with Crippen molar-refractivity contribution in [3.05, 3.63) is 72.3 Å². The number of anilines is 2. The molecule has 4 rings (SSSR count). The Bertz CT molecular complexity index is 1060. The van der Waals surface area contributed by atoms with E-state index in [2.05, 4.69) is 15.7 Å². The Morgan fingerprint density at radius 1 is 1.00 bits per heavy atom. The van der Waals surface area contributed by atoms with E-state index in [0.29, 0.717) is 36.8 Å². The molecule has 0 saturated carbocycles. The Hall–Kier alpha value is -3.56. The molecule has 1 aromatic heterocycles. The van der Waals surface area contributed by atoms with E-state index in [9.17, 15) is 14.0 Å². The van der Waals surface area contributed by atoms with Gasteiger partial charge in [-0.3, -0.25) is 14.5 Å². The van der Waals surface area contributed by atoms with Crippen LogP contribution < -0.4 is 10.6 Å². The van der Waals surface area contributed by atoms with E-state index in [1.807, 2.05) is 4.90 Å². The molecule has 0 bridgehead atoms. The minimum Gasteiger partial charge on any atom is -0.379 e. The van der Waals surface area contributed by atoms with Gasteiger partial charge in [0.25, 0.3) is 5.91 Å². The van der Waals surface area contributed by atoms with Gasteiger partial charge in [0.1, 0.15) is 5.82 Å². The molecular formula is C22H22FN5O3. The minimum absolute atomic E-state index is 0.0958. The van der Waals surface area contributed by atoms with Crippen LogP contribution in [0.1, 0.15) is 10.5 Å². The Kier molecular flexibility index (Phi) is 6.34. The van der Waals surface area contributed by atoms with Crippen molar-refractivity contribution in [3.8, 4) is 5.69 Å². The third-order valence-corrected chi connectivity index (χ3v) is 4.79. The summed E-state index contributed by atoms with van der Waals surface area (Å²) in [5, 5.41) is 9.80. The molecule has 0 unspecified atom stereocenters. The van der Waals surface area contributed by atoms with Gasteiger partial charge in [-0.1, -0.05) is 6.07 Å². The van der Waals surface area contributed by atoms with Crippen LogP contribution in [-0.4, -0.2) is 59.3 Å². The first-order chi connectivity index (χ1) is 15.1. The van der Waals surface area contributed by atoms with Crippen LogP contribution in [0.2, 0.25) is 0 Å². The van der Waals surface area contributed by atoms with Crippen molar-refractivity contribution in [2.75, 3.05) is 43.5 Å². The summed E-state index contributed by atoms with van der Waals surface area (Å²) in [6.07, 6.45) is 1.59. The zero-order valence-electron chi connectivity index (χ0n) is 16.8. The van der Waals surface area contributed by atoms with E-state index in [4.69, 9.17) is 4.74 Å². The number of benzene rings is 2. The number of hydrogen-bond acceptors (Lipinski definition) is 5. The minimum atomic E-state index is -0.390. The number of rotatable bonds is 6. The van der Waals surface area contributed by atoms with Crippen LogP contribution in [0.3, 0.4) is 0 Å². The monoisotopic (exact) mass is 423 g/mol. The van der Waals surface area contributed by atoms with Crippen LogP contribution in [0.15, 0.2) is 60.8 Å². The third-order valence-electron chi connectivity index (χ3n) is 4.79. The van der Waals surface area contributed by atoms with Crippen molar-refractivity contribution in [2.45, 2.75) is 0 Å². The summed E-state index contributed by atoms with van der Waals surface area (Å²) in [5.74, 6) is -0.864. The number of nitrogens with one attached hydrogen (secondary N) is 2. The van der Waals surface area contributed by atoms with E-state index in [-0.39, 0.29) is 23.3 Å². The van der Waals surface area contributed by atoms with Crippen LogP contribution >= 0.6 is 0 Å². The predicted octanol–water partition coefficient (Wildman–Crippen LogP) is 2.53. The van der Waals surface area contributed by atoms with Crippen molar-refractivity contribution >= 4 is 23.2 Å². The molecule has 8 nitrogen and oxygen atoms in total. The summed E-state index contributed by atoms with van der Waals surface area (Å²) < 4.78 is 20.1. The van der Waals surface area contributed by atoms with Crippen molar-refractivity contribution in [3.63, 3.8) is 0 Å². The molecule has 3 aromatic rings. The highest BCUT2D eigenvalue weighted by Crippen LogP contribution is 2.15. The number of aromatic nitrogens is 2. The summed E-state index contributed by atoms with van der Waals surface area (Å²) >= 11 is 0. The molecule has 0 spiro atoms. The molecule has 0 radical (unpaired) electrons. The molecule has 2 aromatic carbocycles. The molecule has 1 fully saturated rings. The normalized spacial score (nSPS) is 14.2. The molecule has 0 aliphatic carbocycles. The second-order valence-electron chi connectivity index (χ2n) is 7.09. The number of halogens is 1. The average molecular weight is 423 g/mol. The molecule has 2 N–H and O–H groups in total. The largest absolute Gasteiger partial charge is 0.379 e. The van der Waals surface area contributed by atoms with Gasteiger partial charge in [-0.05, 0) is 48.5 Å². The standard InChI is InChI=1S/C22H22FN5O3/c23-16-2-1-3-19(14-16)28-9-8-20(26-28)22(30)25-18-6-4-17(5-7-18)24-21(29)15-27-10-12-31-13-11-27/h1-9,14H,10-13,15H2,(H,24,29)(H,25,30). The number of amides is 2.